The van der Waals surface area contributed by atoms with E-state index in [-0.39, 0.29) is 0 Å². The van der Waals surface area contributed by atoms with Crippen molar-refractivity contribution < 1.29 is 0 Å². The number of rotatable bonds is 2. The van der Waals surface area contributed by atoms with Crippen LogP contribution in [0.1, 0.15) is 25.0 Å². The van der Waals surface area contributed by atoms with Crippen LogP contribution in [0.15, 0.2) is 17.8 Å². The van der Waals surface area contributed by atoms with Crippen molar-refractivity contribution in [1.82, 2.24) is 14.9 Å². The fourth-order valence-electron chi connectivity index (χ4n) is 2.63. The molecule has 90 valence electrons. The molecule has 1 atom stereocenters. The Morgan fingerprint density at radius 3 is 3.24 bits per heavy atom. The number of likely N-dealkylation sites (N-methyl/N-ethyl adjacent to an activating group) is 1. The summed E-state index contributed by atoms with van der Waals surface area (Å²) in [5, 5.41) is 3.35. The van der Waals surface area contributed by atoms with Gasteiger partial charge in [0.2, 0.25) is 0 Å². The van der Waals surface area contributed by atoms with Gasteiger partial charge in [0.05, 0.1) is 5.69 Å². The number of thiophene rings is 1. The molecule has 0 amide bonds. The highest BCUT2D eigenvalue weighted by molar-refractivity contribution is 7.16. The molecule has 1 aliphatic rings. The Morgan fingerprint density at radius 2 is 2.35 bits per heavy atom. The summed E-state index contributed by atoms with van der Waals surface area (Å²) in [6, 6.07) is 2.81. The van der Waals surface area contributed by atoms with Crippen LogP contribution in [0.4, 0.5) is 0 Å². The van der Waals surface area contributed by atoms with Gasteiger partial charge < -0.3 is 4.90 Å². The van der Waals surface area contributed by atoms with Crippen molar-refractivity contribution in [2.24, 2.45) is 0 Å². The van der Waals surface area contributed by atoms with Crippen molar-refractivity contribution in [3.05, 3.63) is 23.5 Å². The number of hydrogen-bond acceptors (Lipinski definition) is 4. The Kier molecular flexibility index (Phi) is 3.07. The van der Waals surface area contributed by atoms with Crippen LogP contribution in [-0.2, 0) is 6.42 Å². The number of piperidine rings is 1. The van der Waals surface area contributed by atoms with Gasteiger partial charge in [-0.1, -0.05) is 6.42 Å². The smallest absolute Gasteiger partial charge is 0.126 e. The Hall–Kier alpha value is -1.00. The largest absolute Gasteiger partial charge is 0.303 e. The molecule has 17 heavy (non-hydrogen) atoms. The lowest BCUT2D eigenvalue weighted by Crippen LogP contribution is -2.37. The molecule has 0 saturated carbocycles. The molecule has 0 bridgehead atoms. The molecule has 1 aliphatic heterocycles. The van der Waals surface area contributed by atoms with E-state index in [4.69, 9.17) is 0 Å². The molecule has 4 heteroatoms. The highest BCUT2D eigenvalue weighted by Crippen LogP contribution is 2.24. The first kappa shape index (κ1) is 11.1. The van der Waals surface area contributed by atoms with E-state index in [0.29, 0.717) is 6.04 Å². The molecule has 3 rings (SSSR count). The van der Waals surface area contributed by atoms with Crippen LogP contribution in [0.5, 0.6) is 0 Å². The van der Waals surface area contributed by atoms with Crippen molar-refractivity contribution in [3.8, 4) is 0 Å². The van der Waals surface area contributed by atoms with Gasteiger partial charge in [0.15, 0.2) is 0 Å². The van der Waals surface area contributed by atoms with E-state index in [1.165, 1.54) is 36.9 Å². The molecule has 3 nitrogen and oxygen atoms in total. The molecule has 0 radical (unpaired) electrons. The van der Waals surface area contributed by atoms with Crippen LogP contribution in [0.2, 0.25) is 0 Å². The average Bonchev–Trinajstić information content (AvgIpc) is 2.81. The zero-order valence-corrected chi connectivity index (χ0v) is 10.9. The Balaban J connectivity index is 1.86. The fourth-order valence-corrected chi connectivity index (χ4v) is 3.38. The van der Waals surface area contributed by atoms with E-state index < -0.39 is 0 Å². The summed E-state index contributed by atoms with van der Waals surface area (Å²) in [7, 11) is 2.23. The van der Waals surface area contributed by atoms with Crippen molar-refractivity contribution in [2.75, 3.05) is 13.6 Å². The van der Waals surface area contributed by atoms with Gasteiger partial charge in [0.1, 0.15) is 11.2 Å². The topological polar surface area (TPSA) is 29.0 Å². The maximum Gasteiger partial charge on any atom is 0.126 e. The average molecular weight is 247 g/mol. The van der Waals surface area contributed by atoms with Crippen LogP contribution in [0, 0.1) is 0 Å². The molecule has 2 aromatic rings. The molecule has 3 heterocycles. The summed E-state index contributed by atoms with van der Waals surface area (Å²) in [6.07, 6.45) is 6.76. The zero-order valence-electron chi connectivity index (χ0n) is 10.1. The molecule has 0 aromatic carbocycles. The van der Waals surface area contributed by atoms with Gasteiger partial charge in [0.25, 0.3) is 0 Å². The van der Waals surface area contributed by atoms with Crippen LogP contribution >= 0.6 is 11.3 Å². The van der Waals surface area contributed by atoms with Crippen molar-refractivity contribution >= 4 is 21.6 Å². The lowest BCUT2D eigenvalue weighted by molar-refractivity contribution is 0.184. The molecule has 0 aliphatic carbocycles. The third kappa shape index (κ3) is 2.19. The SMILES string of the molecule is CN1CCCCC1Cc1ncnc2sccc12. The predicted octanol–water partition coefficient (Wildman–Crippen LogP) is 2.72. The Bertz CT molecular complexity index is 508. The number of nitrogens with zero attached hydrogens (tertiary/aromatic N) is 3. The van der Waals surface area contributed by atoms with Crippen molar-refractivity contribution in [3.63, 3.8) is 0 Å². The molecule has 0 spiro atoms. The summed E-state index contributed by atoms with van der Waals surface area (Å²) >= 11 is 1.70. The number of likely N-dealkylation sites (tertiary alicyclic amines) is 1. The third-order valence-electron chi connectivity index (χ3n) is 3.69. The third-order valence-corrected chi connectivity index (χ3v) is 4.52. The van der Waals surface area contributed by atoms with Gasteiger partial charge in [-0.25, -0.2) is 9.97 Å². The second-order valence-electron chi connectivity index (χ2n) is 4.79. The minimum absolute atomic E-state index is 0.654. The van der Waals surface area contributed by atoms with E-state index in [1.54, 1.807) is 17.7 Å². The molecule has 1 saturated heterocycles. The first-order valence-corrected chi connectivity index (χ1v) is 7.10. The first-order valence-electron chi connectivity index (χ1n) is 6.22. The summed E-state index contributed by atoms with van der Waals surface area (Å²) < 4.78 is 0. The number of fused-ring (bicyclic) bond motifs is 1. The van der Waals surface area contributed by atoms with Crippen LogP contribution in [0.25, 0.3) is 10.2 Å². The van der Waals surface area contributed by atoms with Crippen LogP contribution < -0.4 is 0 Å². The zero-order chi connectivity index (χ0) is 11.7. The Morgan fingerprint density at radius 1 is 1.41 bits per heavy atom. The summed E-state index contributed by atoms with van der Waals surface area (Å²) in [5.41, 5.74) is 1.22. The predicted molar refractivity (Wildman–Crippen MR) is 71.4 cm³/mol. The second-order valence-corrected chi connectivity index (χ2v) is 5.69. The maximum absolute atomic E-state index is 4.48. The minimum atomic E-state index is 0.654. The molecule has 1 unspecified atom stereocenters. The minimum Gasteiger partial charge on any atom is -0.303 e. The lowest BCUT2D eigenvalue weighted by atomic mass is 9.98. The lowest BCUT2D eigenvalue weighted by Gasteiger charge is -2.32. The fraction of sp³-hybridized carbons (Fsp3) is 0.538. The summed E-state index contributed by atoms with van der Waals surface area (Å²) in [5.74, 6) is 0. The number of aromatic nitrogens is 2. The molecule has 2 aromatic heterocycles. The molecular formula is C13H17N3S. The van der Waals surface area contributed by atoms with E-state index in [0.717, 1.165) is 11.3 Å². The molecule has 1 fully saturated rings. The van der Waals surface area contributed by atoms with Gasteiger partial charge in [-0.15, -0.1) is 11.3 Å². The molecule has 0 N–H and O–H groups in total. The van der Waals surface area contributed by atoms with E-state index >= 15 is 0 Å². The van der Waals surface area contributed by atoms with Gasteiger partial charge in [-0.05, 0) is 37.9 Å². The maximum atomic E-state index is 4.48. The summed E-state index contributed by atoms with van der Waals surface area (Å²) in [6.45, 7) is 1.22. The van der Waals surface area contributed by atoms with Crippen molar-refractivity contribution in [1.29, 1.82) is 0 Å². The van der Waals surface area contributed by atoms with Crippen LogP contribution in [-0.4, -0.2) is 34.5 Å². The normalized spacial score (nSPS) is 22.1. The molecular weight excluding hydrogens is 230 g/mol. The first-order chi connectivity index (χ1) is 8.34. The highest BCUT2D eigenvalue weighted by atomic mass is 32.1. The van der Waals surface area contributed by atoms with Gasteiger partial charge in [-0.2, -0.15) is 0 Å². The highest BCUT2D eigenvalue weighted by Gasteiger charge is 2.20. The van der Waals surface area contributed by atoms with E-state index in [9.17, 15) is 0 Å². The van der Waals surface area contributed by atoms with E-state index in [2.05, 4.69) is 33.4 Å². The number of hydrogen-bond donors (Lipinski definition) is 0. The quantitative estimate of drug-likeness (QED) is 0.817. The second kappa shape index (κ2) is 4.70. The van der Waals surface area contributed by atoms with Gasteiger partial charge >= 0.3 is 0 Å². The monoisotopic (exact) mass is 247 g/mol. The van der Waals surface area contributed by atoms with Crippen LogP contribution in [0.3, 0.4) is 0 Å². The van der Waals surface area contributed by atoms with Gasteiger partial charge in [0, 0.05) is 17.8 Å². The van der Waals surface area contributed by atoms with Crippen molar-refractivity contribution in [2.45, 2.75) is 31.7 Å². The van der Waals surface area contributed by atoms with Gasteiger partial charge in [-0.3, -0.25) is 0 Å². The summed E-state index contributed by atoms with van der Waals surface area (Å²) in [4.78, 5) is 12.4. The standard InChI is InChI=1S/C13H17N3S/c1-16-6-3-2-4-10(16)8-12-11-5-7-17-13(11)15-9-14-12/h5,7,9-10H,2-4,6,8H2,1H3. The Labute approximate surface area is 106 Å². The van der Waals surface area contributed by atoms with E-state index in [1.807, 2.05) is 0 Å².